The number of nitrogens with zero attached hydrogens (tertiary/aromatic N) is 1. The van der Waals surface area contributed by atoms with Crippen molar-refractivity contribution >= 4 is 22.6 Å². The molecule has 19 heavy (non-hydrogen) atoms. The van der Waals surface area contributed by atoms with Crippen molar-refractivity contribution < 1.29 is 8.78 Å². The zero-order valence-corrected chi connectivity index (χ0v) is 13.2. The van der Waals surface area contributed by atoms with Crippen molar-refractivity contribution in [2.75, 3.05) is 26.7 Å². The van der Waals surface area contributed by atoms with Crippen molar-refractivity contribution in [3.8, 4) is 0 Å². The molecule has 2 rings (SSSR count). The number of hydrogen-bond acceptors (Lipinski definition) is 2. The Hall–Kier alpha value is -0.270. The van der Waals surface area contributed by atoms with E-state index in [-0.39, 0.29) is 5.56 Å². The lowest BCUT2D eigenvalue weighted by molar-refractivity contribution is 0.163. The second kappa shape index (κ2) is 6.95. The fraction of sp³-hybridized carbons (Fsp3) is 0.571. The number of benzene rings is 1. The van der Waals surface area contributed by atoms with E-state index in [4.69, 9.17) is 0 Å². The number of hydrogen-bond donors (Lipinski definition) is 1. The SMILES string of the molecule is CNCC1CCCN(Cc2c(F)ccc(I)c2F)C1. The molecule has 1 fully saturated rings. The fourth-order valence-electron chi connectivity index (χ4n) is 2.69. The van der Waals surface area contributed by atoms with Crippen LogP contribution in [0.2, 0.25) is 0 Å². The maximum Gasteiger partial charge on any atom is 0.143 e. The first-order valence-electron chi connectivity index (χ1n) is 6.61. The Bertz CT molecular complexity index is 438. The van der Waals surface area contributed by atoms with Gasteiger partial charge in [0.2, 0.25) is 0 Å². The van der Waals surface area contributed by atoms with E-state index < -0.39 is 11.6 Å². The van der Waals surface area contributed by atoms with Gasteiger partial charge in [-0.1, -0.05) is 0 Å². The van der Waals surface area contributed by atoms with Gasteiger partial charge in [-0.2, -0.15) is 0 Å². The van der Waals surface area contributed by atoms with Crippen LogP contribution in [-0.2, 0) is 6.54 Å². The lowest BCUT2D eigenvalue weighted by Crippen LogP contribution is -2.38. The summed E-state index contributed by atoms with van der Waals surface area (Å²) in [5, 5.41) is 3.18. The maximum atomic E-state index is 14.0. The van der Waals surface area contributed by atoms with Crippen molar-refractivity contribution in [2.45, 2.75) is 19.4 Å². The van der Waals surface area contributed by atoms with Crippen LogP contribution in [0.25, 0.3) is 0 Å². The molecular formula is C14H19F2IN2. The van der Waals surface area contributed by atoms with Crippen LogP contribution >= 0.6 is 22.6 Å². The second-order valence-corrected chi connectivity index (χ2v) is 6.28. The molecule has 0 spiro atoms. The summed E-state index contributed by atoms with van der Waals surface area (Å²) in [4.78, 5) is 2.16. The molecule has 0 aliphatic carbocycles. The molecule has 2 nitrogen and oxygen atoms in total. The standard InChI is InChI=1S/C14H19F2IN2/c1-18-7-10-3-2-6-19(8-10)9-11-12(15)4-5-13(17)14(11)16/h4-5,10,18H,2-3,6-9H2,1H3. The first-order valence-corrected chi connectivity index (χ1v) is 7.69. The summed E-state index contributed by atoms with van der Waals surface area (Å²) in [5.74, 6) is -0.266. The highest BCUT2D eigenvalue weighted by Crippen LogP contribution is 2.23. The van der Waals surface area contributed by atoms with Gasteiger partial charge in [0.25, 0.3) is 0 Å². The summed E-state index contributed by atoms with van der Waals surface area (Å²) in [7, 11) is 1.94. The van der Waals surface area contributed by atoms with E-state index in [2.05, 4.69) is 10.2 Å². The van der Waals surface area contributed by atoms with Gasteiger partial charge in [0.05, 0.1) is 0 Å². The van der Waals surface area contributed by atoms with Gasteiger partial charge in [-0.05, 0) is 73.6 Å². The monoisotopic (exact) mass is 380 g/mol. The fourth-order valence-corrected chi connectivity index (χ4v) is 3.19. The lowest BCUT2D eigenvalue weighted by atomic mass is 9.97. The Morgan fingerprint density at radius 1 is 1.42 bits per heavy atom. The van der Waals surface area contributed by atoms with Crippen LogP contribution < -0.4 is 5.32 Å². The highest BCUT2D eigenvalue weighted by Gasteiger charge is 2.22. The molecular weight excluding hydrogens is 361 g/mol. The molecule has 1 aromatic carbocycles. The van der Waals surface area contributed by atoms with Crippen LogP contribution in [0.3, 0.4) is 0 Å². The third kappa shape index (κ3) is 3.86. The van der Waals surface area contributed by atoms with Crippen LogP contribution in [0, 0.1) is 21.1 Å². The Morgan fingerprint density at radius 2 is 2.21 bits per heavy atom. The van der Waals surface area contributed by atoms with Gasteiger partial charge in [0, 0.05) is 22.2 Å². The summed E-state index contributed by atoms with van der Waals surface area (Å²) in [6.45, 7) is 3.16. The largest absolute Gasteiger partial charge is 0.319 e. The summed E-state index contributed by atoms with van der Waals surface area (Å²) < 4.78 is 28.2. The van der Waals surface area contributed by atoms with Gasteiger partial charge in [-0.3, -0.25) is 4.90 Å². The van der Waals surface area contributed by atoms with Crippen molar-refractivity contribution in [3.63, 3.8) is 0 Å². The molecule has 0 amide bonds. The molecule has 5 heteroatoms. The van der Waals surface area contributed by atoms with Crippen molar-refractivity contribution in [2.24, 2.45) is 5.92 Å². The van der Waals surface area contributed by atoms with E-state index in [1.54, 1.807) is 0 Å². The first-order chi connectivity index (χ1) is 9.11. The van der Waals surface area contributed by atoms with Crippen molar-refractivity contribution in [1.82, 2.24) is 10.2 Å². The molecule has 1 aliphatic rings. The number of likely N-dealkylation sites (tertiary alicyclic amines) is 1. The Labute approximate surface area is 126 Å². The average Bonchev–Trinajstić information content (AvgIpc) is 2.40. The minimum absolute atomic E-state index is 0.206. The van der Waals surface area contributed by atoms with Crippen LogP contribution in [-0.4, -0.2) is 31.6 Å². The van der Waals surface area contributed by atoms with Gasteiger partial charge >= 0.3 is 0 Å². The van der Waals surface area contributed by atoms with Gasteiger partial charge in [0.15, 0.2) is 0 Å². The molecule has 1 aliphatic heterocycles. The third-order valence-electron chi connectivity index (χ3n) is 3.62. The average molecular weight is 380 g/mol. The number of rotatable bonds is 4. The molecule has 1 atom stereocenters. The molecule has 0 saturated carbocycles. The van der Waals surface area contributed by atoms with Gasteiger partial charge in [0.1, 0.15) is 11.6 Å². The molecule has 0 aromatic heterocycles. The zero-order chi connectivity index (χ0) is 13.8. The third-order valence-corrected chi connectivity index (χ3v) is 4.45. The maximum absolute atomic E-state index is 14.0. The van der Waals surface area contributed by atoms with Gasteiger partial charge < -0.3 is 5.32 Å². The molecule has 0 radical (unpaired) electrons. The smallest absolute Gasteiger partial charge is 0.143 e. The summed E-state index contributed by atoms with van der Waals surface area (Å²) >= 11 is 1.91. The van der Waals surface area contributed by atoms with E-state index in [1.165, 1.54) is 18.6 Å². The highest BCUT2D eigenvalue weighted by molar-refractivity contribution is 14.1. The Balaban J connectivity index is 2.06. The minimum atomic E-state index is -0.436. The van der Waals surface area contributed by atoms with E-state index >= 15 is 0 Å². The van der Waals surface area contributed by atoms with E-state index in [0.717, 1.165) is 26.1 Å². The Kier molecular flexibility index (Phi) is 5.53. The molecule has 1 aromatic rings. The predicted octanol–water partition coefficient (Wildman–Crippen LogP) is 3.00. The van der Waals surface area contributed by atoms with Crippen molar-refractivity contribution in [1.29, 1.82) is 0 Å². The summed E-state index contributed by atoms with van der Waals surface area (Å²) in [5.41, 5.74) is 0.206. The van der Waals surface area contributed by atoms with E-state index in [9.17, 15) is 8.78 Å². The molecule has 0 bridgehead atoms. The normalized spacial score (nSPS) is 20.7. The van der Waals surface area contributed by atoms with E-state index in [0.29, 0.717) is 16.0 Å². The van der Waals surface area contributed by atoms with Crippen LogP contribution in [0.1, 0.15) is 18.4 Å². The van der Waals surface area contributed by atoms with Gasteiger partial charge in [-0.25, -0.2) is 8.78 Å². The van der Waals surface area contributed by atoms with Crippen molar-refractivity contribution in [3.05, 3.63) is 32.9 Å². The number of piperidine rings is 1. The molecule has 1 unspecified atom stereocenters. The van der Waals surface area contributed by atoms with Crippen LogP contribution in [0.15, 0.2) is 12.1 Å². The number of halogens is 3. The number of nitrogens with one attached hydrogen (secondary N) is 1. The summed E-state index contributed by atoms with van der Waals surface area (Å²) in [6, 6.07) is 2.84. The van der Waals surface area contributed by atoms with Crippen LogP contribution in [0.4, 0.5) is 8.78 Å². The molecule has 1 N–H and O–H groups in total. The quantitative estimate of drug-likeness (QED) is 0.638. The molecule has 1 saturated heterocycles. The molecule has 1 heterocycles. The predicted molar refractivity (Wildman–Crippen MR) is 81.0 cm³/mol. The van der Waals surface area contributed by atoms with Gasteiger partial charge in [-0.15, -0.1) is 0 Å². The molecule has 106 valence electrons. The Morgan fingerprint density at radius 3 is 2.95 bits per heavy atom. The van der Waals surface area contributed by atoms with Crippen LogP contribution in [0.5, 0.6) is 0 Å². The lowest BCUT2D eigenvalue weighted by Gasteiger charge is -2.32. The summed E-state index contributed by atoms with van der Waals surface area (Å²) in [6.07, 6.45) is 2.29. The minimum Gasteiger partial charge on any atom is -0.319 e. The topological polar surface area (TPSA) is 15.3 Å². The van der Waals surface area contributed by atoms with E-state index in [1.807, 2.05) is 29.6 Å². The first kappa shape index (κ1) is 15.1. The zero-order valence-electron chi connectivity index (χ0n) is 11.1. The highest BCUT2D eigenvalue weighted by atomic mass is 127. The second-order valence-electron chi connectivity index (χ2n) is 5.12.